The molecule has 0 fully saturated rings. The van der Waals surface area contributed by atoms with Gasteiger partial charge in [-0.1, -0.05) is 52.2 Å². The molecule has 0 aliphatic rings. The third-order valence-electron chi connectivity index (χ3n) is 4.40. The van der Waals surface area contributed by atoms with Crippen molar-refractivity contribution in [1.82, 2.24) is 0 Å². The van der Waals surface area contributed by atoms with E-state index in [1.165, 1.54) is 18.1 Å². The van der Waals surface area contributed by atoms with E-state index in [0.717, 1.165) is 12.8 Å². The van der Waals surface area contributed by atoms with E-state index >= 15 is 0 Å². The van der Waals surface area contributed by atoms with Gasteiger partial charge in [-0.25, -0.2) is 0 Å². The predicted octanol–water partition coefficient (Wildman–Crippen LogP) is 3.56. The molecule has 17 heavy (non-hydrogen) atoms. The normalized spacial score (nSPS) is 16.2. The maximum absolute atomic E-state index is 5.70. The molecule has 2 nitrogen and oxygen atoms in total. The highest BCUT2D eigenvalue weighted by molar-refractivity contribution is 7.86. The summed E-state index contributed by atoms with van der Waals surface area (Å²) >= 11 is 5.15. The smallest absolute Gasteiger partial charge is 0.334 e. The monoisotopic (exact) mass is 294 g/mol. The predicted molar refractivity (Wildman–Crippen MR) is 85.0 cm³/mol. The fourth-order valence-corrected chi connectivity index (χ4v) is 15.6. The third-order valence-corrected chi connectivity index (χ3v) is 17.3. The summed E-state index contributed by atoms with van der Waals surface area (Å²) in [5.74, 6) is 0. The van der Waals surface area contributed by atoms with Crippen LogP contribution in [0.2, 0.25) is 18.1 Å². The van der Waals surface area contributed by atoms with Crippen LogP contribution in [-0.2, 0) is 8.85 Å². The maximum atomic E-state index is 5.70. The zero-order chi connectivity index (χ0) is 13.5. The first-order chi connectivity index (χ1) is 8.01. The Balaban J connectivity index is 5.40. The van der Waals surface area contributed by atoms with Gasteiger partial charge in [0.15, 0.2) is 0 Å². The van der Waals surface area contributed by atoms with Crippen LogP contribution in [0.5, 0.6) is 0 Å². The van der Waals surface area contributed by atoms with Crippen molar-refractivity contribution in [2.75, 3.05) is 14.2 Å². The van der Waals surface area contributed by atoms with Gasteiger partial charge in [-0.15, -0.1) is 0 Å². The highest BCUT2D eigenvalue weighted by atomic mass is 32.1. The SMILES string of the molecule is CCC[C@@](S)([SiH](OC)OC)[Si](CC)(CC)CC. The number of rotatable bonds is 9. The van der Waals surface area contributed by atoms with Gasteiger partial charge in [0.25, 0.3) is 0 Å². The maximum Gasteiger partial charge on any atom is 0.334 e. The van der Waals surface area contributed by atoms with Gasteiger partial charge in [0.1, 0.15) is 0 Å². The summed E-state index contributed by atoms with van der Waals surface area (Å²) in [7, 11) is 0.473. The van der Waals surface area contributed by atoms with Gasteiger partial charge in [-0.05, 0) is 6.42 Å². The topological polar surface area (TPSA) is 18.5 Å². The van der Waals surface area contributed by atoms with Gasteiger partial charge >= 0.3 is 9.28 Å². The molecule has 5 heteroatoms. The van der Waals surface area contributed by atoms with Crippen LogP contribution in [0.4, 0.5) is 0 Å². The van der Waals surface area contributed by atoms with Crippen molar-refractivity contribution < 1.29 is 8.85 Å². The Kier molecular flexibility index (Phi) is 8.32. The average molecular weight is 295 g/mol. The molecule has 0 radical (unpaired) electrons. The van der Waals surface area contributed by atoms with Crippen LogP contribution in [0.3, 0.4) is 0 Å². The van der Waals surface area contributed by atoms with Crippen molar-refractivity contribution in [3.63, 3.8) is 0 Å². The van der Waals surface area contributed by atoms with Gasteiger partial charge in [0, 0.05) is 18.2 Å². The summed E-state index contributed by atoms with van der Waals surface area (Å²) < 4.78 is 11.5. The highest BCUT2D eigenvalue weighted by Gasteiger charge is 2.53. The van der Waals surface area contributed by atoms with Gasteiger partial charge in [-0.3, -0.25) is 0 Å². The molecule has 0 saturated heterocycles. The van der Waals surface area contributed by atoms with Gasteiger partial charge in [-0.2, -0.15) is 12.6 Å². The van der Waals surface area contributed by atoms with Crippen LogP contribution in [-0.4, -0.2) is 35.6 Å². The number of thiol groups is 1. The van der Waals surface area contributed by atoms with Crippen LogP contribution < -0.4 is 0 Å². The molecule has 0 aromatic rings. The van der Waals surface area contributed by atoms with E-state index < -0.39 is 17.4 Å². The van der Waals surface area contributed by atoms with Crippen molar-refractivity contribution in [3.8, 4) is 0 Å². The summed E-state index contributed by atoms with van der Waals surface area (Å²) in [4.78, 5) is 0. The van der Waals surface area contributed by atoms with Crippen molar-refractivity contribution in [2.24, 2.45) is 0 Å². The van der Waals surface area contributed by atoms with Gasteiger partial charge < -0.3 is 8.85 Å². The summed E-state index contributed by atoms with van der Waals surface area (Å²) in [5, 5.41) is 0. The molecule has 0 saturated carbocycles. The zero-order valence-corrected chi connectivity index (χ0v) is 15.4. The first kappa shape index (κ1) is 17.7. The van der Waals surface area contributed by atoms with E-state index in [-0.39, 0.29) is 3.99 Å². The van der Waals surface area contributed by atoms with Crippen molar-refractivity contribution in [3.05, 3.63) is 0 Å². The molecule has 0 N–H and O–H groups in total. The van der Waals surface area contributed by atoms with E-state index in [2.05, 4.69) is 27.7 Å². The number of hydrogen-bond acceptors (Lipinski definition) is 3. The quantitative estimate of drug-likeness (QED) is 0.518. The van der Waals surface area contributed by atoms with Gasteiger partial charge in [0.05, 0.1) is 8.07 Å². The first-order valence-electron chi connectivity index (χ1n) is 6.79. The van der Waals surface area contributed by atoms with Crippen molar-refractivity contribution in [2.45, 2.75) is 62.7 Å². The van der Waals surface area contributed by atoms with E-state index in [1.807, 2.05) is 0 Å². The zero-order valence-electron chi connectivity index (χ0n) is 12.4. The highest BCUT2D eigenvalue weighted by Crippen LogP contribution is 2.42. The molecule has 0 aliphatic heterocycles. The Bertz CT molecular complexity index is 200. The molecular formula is C12H30O2SSi2. The minimum atomic E-state index is -1.69. The fraction of sp³-hybridized carbons (Fsp3) is 1.00. The van der Waals surface area contributed by atoms with E-state index in [1.54, 1.807) is 14.2 Å². The molecule has 0 rings (SSSR count). The Morgan fingerprint density at radius 3 is 1.65 bits per heavy atom. The second kappa shape index (κ2) is 7.99. The molecule has 0 spiro atoms. The Hall–Kier alpha value is 0.704. The Morgan fingerprint density at radius 2 is 1.41 bits per heavy atom. The minimum absolute atomic E-state index is 0.0590. The Morgan fingerprint density at radius 1 is 1.00 bits per heavy atom. The van der Waals surface area contributed by atoms with Crippen LogP contribution in [0.15, 0.2) is 0 Å². The molecule has 0 bridgehead atoms. The molecule has 0 aromatic heterocycles. The molecule has 1 atom stereocenters. The second-order valence-electron chi connectivity index (χ2n) is 4.82. The molecule has 104 valence electrons. The fourth-order valence-electron chi connectivity index (χ4n) is 3.17. The summed E-state index contributed by atoms with van der Waals surface area (Å²) in [5.41, 5.74) is 0. The van der Waals surface area contributed by atoms with Gasteiger partial charge in [0.2, 0.25) is 0 Å². The molecule has 0 heterocycles. The molecule has 0 unspecified atom stereocenters. The Labute approximate surface area is 116 Å². The van der Waals surface area contributed by atoms with E-state index in [9.17, 15) is 0 Å². The molecular weight excluding hydrogens is 264 g/mol. The molecule has 0 aliphatic carbocycles. The molecule has 0 amide bonds. The minimum Gasteiger partial charge on any atom is -0.399 e. The largest absolute Gasteiger partial charge is 0.399 e. The number of hydrogen-bond donors (Lipinski definition) is 1. The lowest BCUT2D eigenvalue weighted by atomic mass is 10.4. The second-order valence-corrected chi connectivity index (χ2v) is 15.3. The van der Waals surface area contributed by atoms with E-state index in [0.29, 0.717) is 0 Å². The lowest BCUT2D eigenvalue weighted by Crippen LogP contribution is -2.63. The van der Waals surface area contributed by atoms with E-state index in [4.69, 9.17) is 21.5 Å². The summed E-state index contributed by atoms with van der Waals surface area (Å²) in [6.07, 6.45) is 2.30. The third kappa shape index (κ3) is 3.38. The molecule has 0 aromatic carbocycles. The van der Waals surface area contributed by atoms with Crippen LogP contribution in [0.1, 0.15) is 40.5 Å². The summed E-state index contributed by atoms with van der Waals surface area (Å²) in [6.45, 7) is 9.23. The average Bonchev–Trinajstić information content (AvgIpc) is 2.33. The first-order valence-corrected chi connectivity index (χ1v) is 11.4. The van der Waals surface area contributed by atoms with Crippen molar-refractivity contribution >= 4 is 30.0 Å². The van der Waals surface area contributed by atoms with Crippen molar-refractivity contribution in [1.29, 1.82) is 0 Å². The van der Waals surface area contributed by atoms with Crippen LogP contribution >= 0.6 is 12.6 Å². The standard InChI is InChI=1S/C12H30O2SSi2/c1-7-11-12(15,16(13-5)14-6)17(8-2,9-3)10-4/h15-16H,7-11H2,1-6H3/t12-/m1/s1. The lowest BCUT2D eigenvalue weighted by Gasteiger charge is -2.47. The lowest BCUT2D eigenvalue weighted by molar-refractivity contribution is 0.268. The van der Waals surface area contributed by atoms with Crippen LogP contribution in [0, 0.1) is 0 Å². The summed E-state index contributed by atoms with van der Waals surface area (Å²) in [6, 6.07) is 3.83. The van der Waals surface area contributed by atoms with Crippen LogP contribution in [0.25, 0.3) is 0 Å².